The maximum atomic E-state index is 4.17. The highest BCUT2D eigenvalue weighted by Crippen LogP contribution is 2.09. The third kappa shape index (κ3) is 0.654. The van der Waals surface area contributed by atoms with Gasteiger partial charge in [0.15, 0.2) is 0 Å². The number of hydrogen-bond donors (Lipinski definition) is 0. The average Bonchev–Trinajstić information content (AvgIpc) is 2.44. The van der Waals surface area contributed by atoms with Gasteiger partial charge in [-0.3, -0.25) is 0 Å². The van der Waals surface area contributed by atoms with Crippen molar-refractivity contribution in [2.45, 2.75) is 13.3 Å². The van der Waals surface area contributed by atoms with Gasteiger partial charge < -0.3 is 0 Å². The molecule has 0 saturated carbocycles. The molecule has 0 amide bonds. The van der Waals surface area contributed by atoms with Gasteiger partial charge in [-0.2, -0.15) is 5.10 Å². The van der Waals surface area contributed by atoms with E-state index in [4.69, 9.17) is 0 Å². The topological polar surface area (TPSA) is 30.2 Å². The van der Waals surface area contributed by atoms with Crippen molar-refractivity contribution in [1.29, 1.82) is 0 Å². The molecule has 0 aliphatic carbocycles. The van der Waals surface area contributed by atoms with Crippen molar-refractivity contribution in [3.8, 4) is 0 Å². The van der Waals surface area contributed by atoms with Crippen molar-refractivity contribution in [3.05, 3.63) is 17.4 Å². The molecule has 52 valence electrons. The molecule has 0 spiro atoms. The zero-order valence-electron chi connectivity index (χ0n) is 5.61. The van der Waals surface area contributed by atoms with Crippen molar-refractivity contribution in [2.24, 2.45) is 0 Å². The summed E-state index contributed by atoms with van der Waals surface area (Å²) in [6, 6.07) is 0. The highest BCUT2D eigenvalue weighted by molar-refractivity contribution is 7.14. The van der Waals surface area contributed by atoms with Crippen LogP contribution in [0.5, 0.6) is 0 Å². The first-order valence-corrected chi connectivity index (χ1v) is 4.06. The third-order valence-electron chi connectivity index (χ3n) is 1.46. The Kier molecular flexibility index (Phi) is 1.20. The summed E-state index contributed by atoms with van der Waals surface area (Å²) < 4.78 is 1.88. The van der Waals surface area contributed by atoms with Crippen LogP contribution in [-0.4, -0.2) is 14.6 Å². The van der Waals surface area contributed by atoms with Gasteiger partial charge in [0.2, 0.25) is 4.96 Å². The van der Waals surface area contributed by atoms with E-state index in [1.54, 1.807) is 11.3 Å². The van der Waals surface area contributed by atoms with Crippen molar-refractivity contribution in [3.63, 3.8) is 0 Å². The summed E-state index contributed by atoms with van der Waals surface area (Å²) >= 11 is 1.56. The van der Waals surface area contributed by atoms with Crippen LogP contribution in [0.15, 0.2) is 11.7 Å². The zero-order chi connectivity index (χ0) is 6.97. The Bertz CT molecular complexity index is 335. The first-order valence-electron chi connectivity index (χ1n) is 3.18. The molecule has 2 rings (SSSR count). The predicted octanol–water partition coefficient (Wildman–Crippen LogP) is 1.35. The average molecular weight is 153 g/mol. The Balaban J connectivity index is 2.76. The summed E-state index contributed by atoms with van der Waals surface area (Å²) in [4.78, 5) is 5.15. The number of rotatable bonds is 1. The number of aromatic nitrogens is 3. The summed E-state index contributed by atoms with van der Waals surface area (Å²) in [6.45, 7) is 2.10. The van der Waals surface area contributed by atoms with Gasteiger partial charge in [0, 0.05) is 0 Å². The summed E-state index contributed by atoms with van der Waals surface area (Å²) in [6.07, 6.45) is 2.86. The first-order chi connectivity index (χ1) is 4.92. The molecular formula is C6H7N3S. The van der Waals surface area contributed by atoms with Gasteiger partial charge in [-0.1, -0.05) is 18.3 Å². The van der Waals surface area contributed by atoms with Gasteiger partial charge in [-0.25, -0.2) is 9.50 Å². The summed E-state index contributed by atoms with van der Waals surface area (Å²) in [5.74, 6) is 0. The Morgan fingerprint density at radius 3 is 3.40 bits per heavy atom. The molecule has 2 aromatic rings. The van der Waals surface area contributed by atoms with Crippen LogP contribution < -0.4 is 0 Å². The normalized spacial score (nSPS) is 10.9. The monoisotopic (exact) mass is 153 g/mol. The molecule has 4 heteroatoms. The number of nitrogens with zero attached hydrogens (tertiary/aromatic N) is 3. The molecule has 0 N–H and O–H groups in total. The molecule has 2 heterocycles. The van der Waals surface area contributed by atoms with Crippen LogP contribution in [0, 0.1) is 0 Å². The molecule has 0 aliphatic rings. The lowest BCUT2D eigenvalue weighted by atomic mass is 10.4. The molecule has 0 bridgehead atoms. The number of imidazole rings is 1. The van der Waals surface area contributed by atoms with Crippen LogP contribution in [0.4, 0.5) is 0 Å². The zero-order valence-corrected chi connectivity index (χ0v) is 6.43. The van der Waals surface area contributed by atoms with Crippen LogP contribution in [0.2, 0.25) is 0 Å². The van der Waals surface area contributed by atoms with Gasteiger partial charge >= 0.3 is 0 Å². The second-order valence-electron chi connectivity index (χ2n) is 2.04. The minimum atomic E-state index is 0.983. The standard InChI is InChI=1S/C6H7N3S/c1-2-5-3-7-6-9(5)8-4-10-6/h3-4H,2H2,1H3. The van der Waals surface area contributed by atoms with E-state index in [-0.39, 0.29) is 0 Å². The molecule has 0 unspecified atom stereocenters. The molecule has 2 aromatic heterocycles. The van der Waals surface area contributed by atoms with Crippen LogP contribution in [0.3, 0.4) is 0 Å². The van der Waals surface area contributed by atoms with Gasteiger partial charge in [-0.15, -0.1) is 0 Å². The predicted molar refractivity (Wildman–Crippen MR) is 40.2 cm³/mol. The first kappa shape index (κ1) is 5.85. The molecule has 0 saturated heterocycles. The molecule has 0 radical (unpaired) electrons. The Morgan fingerprint density at radius 2 is 2.60 bits per heavy atom. The Morgan fingerprint density at radius 1 is 1.70 bits per heavy atom. The number of aryl methyl sites for hydroxylation is 1. The van der Waals surface area contributed by atoms with E-state index in [1.807, 2.05) is 16.2 Å². The summed E-state index contributed by atoms with van der Waals surface area (Å²) in [7, 11) is 0. The van der Waals surface area contributed by atoms with Gasteiger partial charge in [0.05, 0.1) is 11.9 Å². The van der Waals surface area contributed by atoms with Crippen molar-refractivity contribution >= 4 is 16.3 Å². The quantitative estimate of drug-likeness (QED) is 0.619. The van der Waals surface area contributed by atoms with Crippen LogP contribution in [0.25, 0.3) is 4.96 Å². The molecule has 0 fully saturated rings. The number of fused-ring (bicyclic) bond motifs is 1. The lowest BCUT2D eigenvalue weighted by molar-refractivity contribution is 0.881. The van der Waals surface area contributed by atoms with E-state index in [0.717, 1.165) is 11.4 Å². The fourth-order valence-corrected chi connectivity index (χ4v) is 1.54. The lowest BCUT2D eigenvalue weighted by Crippen LogP contribution is -1.88. The van der Waals surface area contributed by atoms with Gasteiger partial charge in [-0.05, 0) is 6.42 Å². The molecule has 0 aromatic carbocycles. The fraction of sp³-hybridized carbons (Fsp3) is 0.333. The molecule has 0 aliphatic heterocycles. The molecule has 0 atom stereocenters. The van der Waals surface area contributed by atoms with E-state index in [0.29, 0.717) is 0 Å². The fourth-order valence-electron chi connectivity index (χ4n) is 0.925. The second kappa shape index (κ2) is 2.05. The summed E-state index contributed by atoms with van der Waals surface area (Å²) in [5, 5.41) is 4.12. The van der Waals surface area contributed by atoms with Crippen molar-refractivity contribution < 1.29 is 0 Å². The smallest absolute Gasteiger partial charge is 0.212 e. The molecule has 3 nitrogen and oxygen atoms in total. The Hall–Kier alpha value is -0.900. The van der Waals surface area contributed by atoms with Gasteiger partial charge in [0.25, 0.3) is 0 Å². The van der Waals surface area contributed by atoms with Crippen molar-refractivity contribution in [1.82, 2.24) is 14.6 Å². The van der Waals surface area contributed by atoms with Crippen LogP contribution in [0.1, 0.15) is 12.6 Å². The maximum Gasteiger partial charge on any atom is 0.212 e. The lowest BCUT2D eigenvalue weighted by Gasteiger charge is -1.86. The molecular weight excluding hydrogens is 146 g/mol. The van der Waals surface area contributed by atoms with Crippen LogP contribution >= 0.6 is 11.3 Å². The Labute approximate surface area is 62.3 Å². The van der Waals surface area contributed by atoms with Gasteiger partial charge in [0.1, 0.15) is 5.51 Å². The highest BCUT2D eigenvalue weighted by Gasteiger charge is 2.00. The van der Waals surface area contributed by atoms with E-state index >= 15 is 0 Å². The third-order valence-corrected chi connectivity index (χ3v) is 2.15. The second-order valence-corrected chi connectivity index (χ2v) is 2.85. The molecule has 10 heavy (non-hydrogen) atoms. The SMILES string of the molecule is CCc1cnc2scnn12. The van der Waals surface area contributed by atoms with E-state index < -0.39 is 0 Å². The van der Waals surface area contributed by atoms with E-state index in [2.05, 4.69) is 17.0 Å². The number of hydrogen-bond acceptors (Lipinski definition) is 3. The van der Waals surface area contributed by atoms with Crippen LogP contribution in [-0.2, 0) is 6.42 Å². The van der Waals surface area contributed by atoms with E-state index in [9.17, 15) is 0 Å². The summed E-state index contributed by atoms with van der Waals surface area (Å²) in [5.41, 5.74) is 2.98. The van der Waals surface area contributed by atoms with Crippen molar-refractivity contribution in [2.75, 3.05) is 0 Å². The maximum absolute atomic E-state index is 4.17. The minimum Gasteiger partial charge on any atom is -0.226 e. The largest absolute Gasteiger partial charge is 0.226 e. The van der Waals surface area contributed by atoms with E-state index in [1.165, 1.54) is 5.69 Å². The highest BCUT2D eigenvalue weighted by atomic mass is 32.1. The minimum absolute atomic E-state index is 0.983.